The summed E-state index contributed by atoms with van der Waals surface area (Å²) in [6.45, 7) is 0.481. The molecule has 0 aliphatic rings. The molecule has 0 fully saturated rings. The number of anilines is 2. The highest BCUT2D eigenvalue weighted by atomic mass is 16.5. The standard InChI is InChI=1S/C25H24N2O4/c1-29-22-13-18(14-23(30-2)24(22)31-3)26-21-16-27(15-17-9-5-4-6-10-17)25(28)20-12-8-7-11-19(20)21/h4-14,16,26H,15H2,1-3H3. The van der Waals surface area contributed by atoms with E-state index in [2.05, 4.69) is 5.32 Å². The van der Waals surface area contributed by atoms with Gasteiger partial charge in [0.1, 0.15) is 0 Å². The van der Waals surface area contributed by atoms with E-state index in [9.17, 15) is 4.79 Å². The SMILES string of the molecule is COc1cc(Nc2cn(Cc3ccccc3)c(=O)c3ccccc23)cc(OC)c1OC. The zero-order valence-corrected chi connectivity index (χ0v) is 17.7. The largest absolute Gasteiger partial charge is 0.493 e. The fraction of sp³-hybridized carbons (Fsp3) is 0.160. The molecule has 4 aromatic rings. The summed E-state index contributed by atoms with van der Waals surface area (Å²) >= 11 is 0. The number of hydrogen-bond acceptors (Lipinski definition) is 5. The smallest absolute Gasteiger partial charge is 0.258 e. The van der Waals surface area contributed by atoms with Gasteiger partial charge in [-0.3, -0.25) is 4.79 Å². The monoisotopic (exact) mass is 416 g/mol. The quantitative estimate of drug-likeness (QED) is 0.468. The van der Waals surface area contributed by atoms with Crippen LogP contribution in [0.1, 0.15) is 5.56 Å². The van der Waals surface area contributed by atoms with Gasteiger partial charge in [0.2, 0.25) is 5.75 Å². The Kier molecular flexibility index (Phi) is 5.80. The molecule has 4 rings (SSSR count). The van der Waals surface area contributed by atoms with Crippen molar-refractivity contribution in [3.05, 3.63) is 88.8 Å². The first kappa shape index (κ1) is 20.3. The number of ether oxygens (including phenoxy) is 3. The van der Waals surface area contributed by atoms with E-state index in [1.165, 1.54) is 0 Å². The minimum absolute atomic E-state index is 0.0325. The van der Waals surface area contributed by atoms with Gasteiger partial charge in [0.15, 0.2) is 11.5 Å². The molecule has 31 heavy (non-hydrogen) atoms. The summed E-state index contributed by atoms with van der Waals surface area (Å²) in [4.78, 5) is 13.1. The summed E-state index contributed by atoms with van der Waals surface area (Å²) in [5, 5.41) is 4.91. The lowest BCUT2D eigenvalue weighted by Crippen LogP contribution is -2.21. The van der Waals surface area contributed by atoms with Gasteiger partial charge in [0.25, 0.3) is 5.56 Å². The number of hydrogen-bond donors (Lipinski definition) is 1. The highest BCUT2D eigenvalue weighted by Crippen LogP contribution is 2.41. The highest BCUT2D eigenvalue weighted by molar-refractivity contribution is 5.94. The van der Waals surface area contributed by atoms with Crippen molar-refractivity contribution in [3.8, 4) is 17.2 Å². The maximum atomic E-state index is 13.1. The molecule has 0 unspecified atom stereocenters. The first-order valence-corrected chi connectivity index (χ1v) is 9.87. The number of aromatic nitrogens is 1. The van der Waals surface area contributed by atoms with Crippen molar-refractivity contribution < 1.29 is 14.2 Å². The Morgan fingerprint density at radius 2 is 1.42 bits per heavy atom. The van der Waals surface area contributed by atoms with Crippen LogP contribution in [0.2, 0.25) is 0 Å². The number of methoxy groups -OCH3 is 3. The summed E-state index contributed by atoms with van der Waals surface area (Å²) in [6.07, 6.45) is 1.85. The summed E-state index contributed by atoms with van der Waals surface area (Å²) in [5.74, 6) is 1.62. The molecule has 3 aromatic carbocycles. The van der Waals surface area contributed by atoms with Crippen LogP contribution in [-0.4, -0.2) is 25.9 Å². The number of nitrogens with one attached hydrogen (secondary N) is 1. The molecule has 0 aliphatic carbocycles. The van der Waals surface area contributed by atoms with Gasteiger partial charge >= 0.3 is 0 Å². The molecule has 1 N–H and O–H groups in total. The van der Waals surface area contributed by atoms with Gasteiger partial charge in [-0.25, -0.2) is 0 Å². The van der Waals surface area contributed by atoms with Gasteiger partial charge in [0, 0.05) is 34.8 Å². The number of rotatable bonds is 7. The molecule has 158 valence electrons. The minimum atomic E-state index is -0.0325. The molecule has 6 heteroatoms. The third kappa shape index (κ3) is 4.05. The van der Waals surface area contributed by atoms with Crippen molar-refractivity contribution in [1.29, 1.82) is 0 Å². The molecule has 1 aromatic heterocycles. The van der Waals surface area contributed by atoms with E-state index in [0.717, 1.165) is 22.3 Å². The second-order valence-corrected chi connectivity index (χ2v) is 7.05. The summed E-state index contributed by atoms with van der Waals surface area (Å²) < 4.78 is 18.1. The van der Waals surface area contributed by atoms with E-state index in [4.69, 9.17) is 14.2 Å². The Labute approximate surface area is 180 Å². The molecule has 0 amide bonds. The maximum absolute atomic E-state index is 13.1. The first-order valence-electron chi connectivity index (χ1n) is 9.87. The maximum Gasteiger partial charge on any atom is 0.258 e. The van der Waals surface area contributed by atoms with E-state index in [1.807, 2.05) is 72.9 Å². The van der Waals surface area contributed by atoms with Crippen LogP contribution >= 0.6 is 0 Å². The van der Waals surface area contributed by atoms with Crippen molar-refractivity contribution >= 4 is 22.1 Å². The highest BCUT2D eigenvalue weighted by Gasteiger charge is 2.15. The predicted molar refractivity (Wildman–Crippen MR) is 123 cm³/mol. The van der Waals surface area contributed by atoms with Gasteiger partial charge < -0.3 is 24.1 Å². The van der Waals surface area contributed by atoms with Crippen molar-refractivity contribution in [2.24, 2.45) is 0 Å². The van der Waals surface area contributed by atoms with Crippen LogP contribution in [0, 0.1) is 0 Å². The first-order chi connectivity index (χ1) is 15.1. The van der Waals surface area contributed by atoms with Crippen molar-refractivity contribution in [3.63, 3.8) is 0 Å². The third-order valence-electron chi connectivity index (χ3n) is 5.13. The average molecular weight is 416 g/mol. The fourth-order valence-corrected chi connectivity index (χ4v) is 3.65. The van der Waals surface area contributed by atoms with Crippen molar-refractivity contribution in [1.82, 2.24) is 4.57 Å². The average Bonchev–Trinajstić information content (AvgIpc) is 2.82. The second-order valence-electron chi connectivity index (χ2n) is 7.05. The second kappa shape index (κ2) is 8.83. The normalized spacial score (nSPS) is 10.7. The molecule has 0 spiro atoms. The summed E-state index contributed by atoms with van der Waals surface area (Å²) in [6, 6.07) is 21.2. The number of fused-ring (bicyclic) bond motifs is 1. The van der Waals surface area contributed by atoms with Crippen molar-refractivity contribution in [2.45, 2.75) is 6.54 Å². The Bertz CT molecular complexity index is 1240. The van der Waals surface area contributed by atoms with E-state index >= 15 is 0 Å². The Morgan fingerprint density at radius 1 is 0.806 bits per heavy atom. The minimum Gasteiger partial charge on any atom is -0.493 e. The zero-order valence-electron chi connectivity index (χ0n) is 17.7. The van der Waals surface area contributed by atoms with Crippen LogP contribution in [0.25, 0.3) is 10.8 Å². The van der Waals surface area contributed by atoms with Crippen LogP contribution in [0.4, 0.5) is 11.4 Å². The lowest BCUT2D eigenvalue weighted by molar-refractivity contribution is 0.324. The van der Waals surface area contributed by atoms with Crippen LogP contribution in [0.5, 0.6) is 17.2 Å². The lowest BCUT2D eigenvalue weighted by Gasteiger charge is -2.17. The van der Waals surface area contributed by atoms with Gasteiger partial charge in [-0.1, -0.05) is 48.5 Å². The predicted octanol–water partition coefficient (Wildman–Crippen LogP) is 4.82. The molecule has 0 saturated carbocycles. The zero-order chi connectivity index (χ0) is 21.8. The summed E-state index contributed by atoms with van der Waals surface area (Å²) in [7, 11) is 4.73. The number of pyridine rings is 1. The van der Waals surface area contributed by atoms with E-state index in [0.29, 0.717) is 29.2 Å². The molecule has 0 atom stereocenters. The third-order valence-corrected chi connectivity index (χ3v) is 5.13. The molecule has 1 heterocycles. The van der Waals surface area contributed by atoms with E-state index in [-0.39, 0.29) is 5.56 Å². The molecular weight excluding hydrogens is 392 g/mol. The molecule has 0 aliphatic heterocycles. The van der Waals surface area contributed by atoms with Crippen LogP contribution in [-0.2, 0) is 6.54 Å². The van der Waals surface area contributed by atoms with Crippen LogP contribution < -0.4 is 25.1 Å². The Balaban J connectivity index is 1.82. The molecule has 0 saturated heterocycles. The topological polar surface area (TPSA) is 61.7 Å². The molecule has 6 nitrogen and oxygen atoms in total. The molecule has 0 radical (unpaired) electrons. The van der Waals surface area contributed by atoms with Gasteiger partial charge in [-0.2, -0.15) is 0 Å². The van der Waals surface area contributed by atoms with Gasteiger partial charge in [-0.05, 0) is 11.6 Å². The van der Waals surface area contributed by atoms with E-state index in [1.54, 1.807) is 25.9 Å². The number of benzene rings is 3. The van der Waals surface area contributed by atoms with Gasteiger partial charge in [-0.15, -0.1) is 0 Å². The van der Waals surface area contributed by atoms with Crippen LogP contribution in [0.15, 0.2) is 77.7 Å². The Hall–Kier alpha value is -3.93. The van der Waals surface area contributed by atoms with Crippen LogP contribution in [0.3, 0.4) is 0 Å². The summed E-state index contributed by atoms with van der Waals surface area (Å²) in [5.41, 5.74) is 2.58. The lowest BCUT2D eigenvalue weighted by atomic mass is 10.1. The molecular formula is C25H24N2O4. The Morgan fingerprint density at radius 3 is 2.03 bits per heavy atom. The van der Waals surface area contributed by atoms with Gasteiger partial charge in [0.05, 0.1) is 33.6 Å². The van der Waals surface area contributed by atoms with E-state index < -0.39 is 0 Å². The van der Waals surface area contributed by atoms with Crippen molar-refractivity contribution in [2.75, 3.05) is 26.6 Å². The number of nitrogens with zero attached hydrogens (tertiary/aromatic N) is 1. The molecule has 0 bridgehead atoms. The fourth-order valence-electron chi connectivity index (χ4n) is 3.65.